The highest BCUT2D eigenvalue weighted by molar-refractivity contribution is 6.33. The molecular formula is C14H21Cl2N3. The van der Waals surface area contributed by atoms with Crippen LogP contribution in [0.4, 0.5) is 5.82 Å². The molecule has 0 spiro atoms. The van der Waals surface area contributed by atoms with Gasteiger partial charge in [0.1, 0.15) is 5.02 Å². The fourth-order valence-electron chi connectivity index (χ4n) is 2.61. The van der Waals surface area contributed by atoms with Crippen LogP contribution in [0.3, 0.4) is 0 Å². The van der Waals surface area contributed by atoms with E-state index in [0.29, 0.717) is 17.0 Å². The molecule has 0 saturated heterocycles. The van der Waals surface area contributed by atoms with Crippen molar-refractivity contribution in [1.82, 2.24) is 9.97 Å². The zero-order chi connectivity index (χ0) is 13.8. The second-order valence-electron chi connectivity index (χ2n) is 5.62. The molecule has 0 unspecified atom stereocenters. The topological polar surface area (TPSA) is 29.0 Å². The first-order valence-corrected chi connectivity index (χ1v) is 7.78. The predicted octanol–water partition coefficient (Wildman–Crippen LogP) is 4.58. The molecule has 0 N–H and O–H groups in total. The third-order valence-corrected chi connectivity index (χ3v) is 4.13. The van der Waals surface area contributed by atoms with Crippen LogP contribution in [0.1, 0.15) is 46.0 Å². The lowest BCUT2D eigenvalue weighted by molar-refractivity contribution is 0.525. The van der Waals surface area contributed by atoms with Crippen molar-refractivity contribution in [2.45, 2.75) is 52.0 Å². The minimum Gasteiger partial charge on any atom is -0.352 e. The summed E-state index contributed by atoms with van der Waals surface area (Å²) in [6.07, 6.45) is 7.75. The lowest BCUT2D eigenvalue weighted by Gasteiger charge is -2.31. The molecule has 0 bridgehead atoms. The van der Waals surface area contributed by atoms with Crippen molar-refractivity contribution in [3.8, 4) is 0 Å². The van der Waals surface area contributed by atoms with Gasteiger partial charge in [0.25, 0.3) is 0 Å². The number of hydrogen-bond donors (Lipinski definition) is 0. The van der Waals surface area contributed by atoms with E-state index in [1.54, 1.807) is 6.20 Å². The molecule has 5 heteroatoms. The van der Waals surface area contributed by atoms with Crippen LogP contribution >= 0.6 is 23.2 Å². The first kappa shape index (κ1) is 14.9. The summed E-state index contributed by atoms with van der Waals surface area (Å²) in [6.45, 7) is 5.46. The van der Waals surface area contributed by atoms with E-state index in [1.165, 1.54) is 25.7 Å². The molecule has 0 aliphatic heterocycles. The van der Waals surface area contributed by atoms with Crippen molar-refractivity contribution in [2.24, 2.45) is 5.92 Å². The Hall–Kier alpha value is -0.540. The summed E-state index contributed by atoms with van der Waals surface area (Å²) in [5, 5.41) is 0.868. The van der Waals surface area contributed by atoms with Crippen LogP contribution in [0.15, 0.2) is 6.20 Å². The summed E-state index contributed by atoms with van der Waals surface area (Å²) in [7, 11) is 0. The van der Waals surface area contributed by atoms with Crippen LogP contribution in [-0.2, 0) is 0 Å². The smallest absolute Gasteiger partial charge is 0.224 e. The van der Waals surface area contributed by atoms with Gasteiger partial charge < -0.3 is 4.90 Å². The average Bonchev–Trinajstić information content (AvgIpc) is 2.87. The largest absolute Gasteiger partial charge is 0.352 e. The molecule has 1 saturated carbocycles. The van der Waals surface area contributed by atoms with E-state index in [-0.39, 0.29) is 5.28 Å². The Bertz CT molecular complexity index is 417. The molecule has 2 rings (SSSR count). The summed E-state index contributed by atoms with van der Waals surface area (Å²) in [4.78, 5) is 10.6. The zero-order valence-electron chi connectivity index (χ0n) is 11.6. The summed E-state index contributed by atoms with van der Waals surface area (Å²) >= 11 is 12.2. The van der Waals surface area contributed by atoms with Crippen LogP contribution in [0.2, 0.25) is 10.3 Å². The molecule has 0 radical (unpaired) electrons. The molecule has 3 nitrogen and oxygen atoms in total. The maximum absolute atomic E-state index is 6.26. The van der Waals surface area contributed by atoms with Crippen LogP contribution in [-0.4, -0.2) is 22.6 Å². The van der Waals surface area contributed by atoms with Crippen LogP contribution < -0.4 is 4.90 Å². The molecule has 0 amide bonds. The number of anilines is 1. The average molecular weight is 302 g/mol. The van der Waals surface area contributed by atoms with Crippen molar-refractivity contribution >= 4 is 29.0 Å². The Labute approximate surface area is 125 Å². The van der Waals surface area contributed by atoms with Gasteiger partial charge in [0, 0.05) is 12.6 Å². The number of aromatic nitrogens is 2. The maximum atomic E-state index is 6.26. The molecule has 1 fully saturated rings. The molecule has 1 aromatic rings. The Morgan fingerprint density at radius 2 is 2.00 bits per heavy atom. The molecular weight excluding hydrogens is 281 g/mol. The highest BCUT2D eigenvalue weighted by Gasteiger charge is 2.25. The van der Waals surface area contributed by atoms with Crippen molar-refractivity contribution < 1.29 is 0 Å². The van der Waals surface area contributed by atoms with Gasteiger partial charge >= 0.3 is 0 Å². The van der Waals surface area contributed by atoms with Gasteiger partial charge in [-0.25, -0.2) is 4.98 Å². The summed E-state index contributed by atoms with van der Waals surface area (Å²) in [5.41, 5.74) is 0. The van der Waals surface area contributed by atoms with Crippen LogP contribution in [0.5, 0.6) is 0 Å². The Kier molecular flexibility index (Phi) is 5.28. The molecule has 19 heavy (non-hydrogen) atoms. The van der Waals surface area contributed by atoms with Gasteiger partial charge in [-0.2, -0.15) is 4.98 Å². The third-order valence-electron chi connectivity index (χ3n) is 3.68. The van der Waals surface area contributed by atoms with Crippen LogP contribution in [0.25, 0.3) is 0 Å². The Morgan fingerprint density at radius 1 is 1.32 bits per heavy atom. The van der Waals surface area contributed by atoms with E-state index < -0.39 is 0 Å². The van der Waals surface area contributed by atoms with Crippen molar-refractivity contribution in [1.29, 1.82) is 0 Å². The molecule has 0 aromatic carbocycles. The number of rotatable bonds is 5. The molecule has 1 aromatic heterocycles. The van der Waals surface area contributed by atoms with E-state index in [2.05, 4.69) is 28.7 Å². The summed E-state index contributed by atoms with van der Waals surface area (Å²) < 4.78 is 0. The van der Waals surface area contributed by atoms with E-state index in [9.17, 15) is 0 Å². The lowest BCUT2D eigenvalue weighted by Crippen LogP contribution is -2.35. The highest BCUT2D eigenvalue weighted by Crippen LogP contribution is 2.32. The standard InChI is InChI=1S/C14H21Cl2N3/c1-10(2)7-8-19(11-5-3-4-6-11)13-12(15)9-17-14(16)18-13/h9-11H,3-8H2,1-2H3. The monoisotopic (exact) mass is 301 g/mol. The second-order valence-corrected chi connectivity index (χ2v) is 6.37. The lowest BCUT2D eigenvalue weighted by atomic mass is 10.1. The number of halogens is 2. The fraction of sp³-hybridized carbons (Fsp3) is 0.714. The van der Waals surface area contributed by atoms with Gasteiger partial charge in [-0.15, -0.1) is 0 Å². The molecule has 1 aliphatic rings. The number of nitrogens with zero attached hydrogens (tertiary/aromatic N) is 3. The SMILES string of the molecule is CC(C)CCN(c1nc(Cl)ncc1Cl)C1CCCC1. The molecule has 1 aliphatic carbocycles. The van der Waals surface area contributed by atoms with Crippen molar-refractivity contribution in [3.63, 3.8) is 0 Å². The van der Waals surface area contributed by atoms with Gasteiger partial charge in [0.05, 0.1) is 6.20 Å². The van der Waals surface area contributed by atoms with Gasteiger partial charge in [0.15, 0.2) is 5.82 Å². The van der Waals surface area contributed by atoms with Gasteiger partial charge in [-0.3, -0.25) is 0 Å². The highest BCUT2D eigenvalue weighted by atomic mass is 35.5. The Morgan fingerprint density at radius 3 is 2.63 bits per heavy atom. The first-order valence-electron chi connectivity index (χ1n) is 7.02. The summed E-state index contributed by atoms with van der Waals surface area (Å²) in [5.74, 6) is 1.47. The van der Waals surface area contributed by atoms with E-state index in [4.69, 9.17) is 23.2 Å². The van der Waals surface area contributed by atoms with Crippen LogP contribution in [0, 0.1) is 5.92 Å². The van der Waals surface area contributed by atoms with Gasteiger partial charge in [0.2, 0.25) is 5.28 Å². The minimum atomic E-state index is 0.270. The quantitative estimate of drug-likeness (QED) is 0.746. The second kappa shape index (κ2) is 6.76. The summed E-state index contributed by atoms with van der Waals surface area (Å²) in [6, 6.07) is 0.544. The Balaban J connectivity index is 2.21. The minimum absolute atomic E-state index is 0.270. The maximum Gasteiger partial charge on any atom is 0.224 e. The molecule has 106 valence electrons. The third kappa shape index (κ3) is 3.96. The van der Waals surface area contributed by atoms with Gasteiger partial charge in [-0.1, -0.05) is 38.3 Å². The predicted molar refractivity (Wildman–Crippen MR) is 81.1 cm³/mol. The van der Waals surface area contributed by atoms with E-state index in [0.717, 1.165) is 18.8 Å². The fourth-order valence-corrected chi connectivity index (χ4v) is 2.94. The van der Waals surface area contributed by atoms with E-state index in [1.807, 2.05) is 0 Å². The number of hydrogen-bond acceptors (Lipinski definition) is 3. The molecule has 1 heterocycles. The first-order chi connectivity index (χ1) is 9.08. The zero-order valence-corrected chi connectivity index (χ0v) is 13.1. The molecule has 0 atom stereocenters. The van der Waals surface area contributed by atoms with Gasteiger partial charge in [-0.05, 0) is 36.8 Å². The van der Waals surface area contributed by atoms with Crippen molar-refractivity contribution in [3.05, 3.63) is 16.5 Å². The van der Waals surface area contributed by atoms with Crippen molar-refractivity contribution in [2.75, 3.05) is 11.4 Å². The normalized spacial score (nSPS) is 16.3. The van der Waals surface area contributed by atoms with E-state index >= 15 is 0 Å².